The molecule has 158 valence electrons. The largest absolute Gasteiger partial charge is 0.379 e. The van der Waals surface area contributed by atoms with Crippen molar-refractivity contribution < 1.29 is 22.5 Å². The SMILES string of the molecule is CN(Cc1nc(-c2cccs2)no1)C(=O)c1cccc(S(=O)(=O)N2CCOCC2)c1. The normalized spacial score (nSPS) is 15.2. The van der Waals surface area contributed by atoms with Crippen molar-refractivity contribution in [1.29, 1.82) is 0 Å². The number of amides is 1. The van der Waals surface area contributed by atoms with Gasteiger partial charge in [0.1, 0.15) is 0 Å². The number of benzene rings is 1. The van der Waals surface area contributed by atoms with Crippen molar-refractivity contribution in [2.75, 3.05) is 33.4 Å². The van der Waals surface area contributed by atoms with Crippen LogP contribution in [0.15, 0.2) is 51.2 Å². The highest BCUT2D eigenvalue weighted by Gasteiger charge is 2.27. The fourth-order valence-electron chi connectivity index (χ4n) is 3.05. The number of ether oxygens (including phenoxy) is 1. The van der Waals surface area contributed by atoms with Crippen molar-refractivity contribution in [2.24, 2.45) is 0 Å². The van der Waals surface area contributed by atoms with E-state index in [2.05, 4.69) is 10.1 Å². The summed E-state index contributed by atoms with van der Waals surface area (Å²) >= 11 is 1.49. The number of sulfonamides is 1. The van der Waals surface area contributed by atoms with Gasteiger partial charge >= 0.3 is 0 Å². The van der Waals surface area contributed by atoms with Crippen LogP contribution in [-0.4, -0.2) is 67.0 Å². The van der Waals surface area contributed by atoms with Gasteiger partial charge in [-0.25, -0.2) is 8.42 Å². The molecule has 0 bridgehead atoms. The van der Waals surface area contributed by atoms with Crippen LogP contribution >= 0.6 is 11.3 Å². The molecule has 11 heteroatoms. The molecule has 1 fully saturated rings. The fraction of sp³-hybridized carbons (Fsp3) is 0.316. The zero-order valence-electron chi connectivity index (χ0n) is 16.2. The minimum absolute atomic E-state index is 0.0846. The van der Waals surface area contributed by atoms with Crippen LogP contribution in [-0.2, 0) is 21.3 Å². The number of thiophene rings is 1. The minimum atomic E-state index is -3.68. The zero-order valence-corrected chi connectivity index (χ0v) is 17.9. The number of morpholine rings is 1. The van der Waals surface area contributed by atoms with E-state index in [9.17, 15) is 13.2 Å². The molecule has 9 nitrogen and oxygen atoms in total. The van der Waals surface area contributed by atoms with Crippen LogP contribution in [0.5, 0.6) is 0 Å². The van der Waals surface area contributed by atoms with Gasteiger partial charge in [0, 0.05) is 25.7 Å². The Hall–Kier alpha value is -2.60. The van der Waals surface area contributed by atoms with Gasteiger partial charge in [-0.15, -0.1) is 11.3 Å². The van der Waals surface area contributed by atoms with Crippen LogP contribution in [0.2, 0.25) is 0 Å². The fourth-order valence-corrected chi connectivity index (χ4v) is 5.15. The first kappa shape index (κ1) is 20.7. The number of carbonyl (C=O) groups is 1. The van der Waals surface area contributed by atoms with E-state index in [1.165, 1.54) is 32.7 Å². The van der Waals surface area contributed by atoms with Gasteiger partial charge in [-0.05, 0) is 29.6 Å². The van der Waals surface area contributed by atoms with Crippen LogP contribution in [0.4, 0.5) is 0 Å². The predicted molar refractivity (Wildman–Crippen MR) is 109 cm³/mol. The molecule has 1 aromatic carbocycles. The standard InChI is InChI=1S/C19H20N4O5S2/c1-22(13-17-20-18(21-28-17)16-6-3-11-29-16)19(24)14-4-2-5-15(12-14)30(25,26)23-7-9-27-10-8-23/h2-6,11-12H,7-10,13H2,1H3. The van der Waals surface area contributed by atoms with Gasteiger partial charge in [0.2, 0.25) is 21.7 Å². The average molecular weight is 449 g/mol. The highest BCUT2D eigenvalue weighted by atomic mass is 32.2. The van der Waals surface area contributed by atoms with E-state index in [-0.39, 0.29) is 22.9 Å². The molecule has 1 amide bonds. The molecule has 0 aliphatic carbocycles. The molecular formula is C19H20N4O5S2. The van der Waals surface area contributed by atoms with Gasteiger partial charge in [-0.3, -0.25) is 4.79 Å². The maximum atomic E-state index is 12.9. The molecule has 1 aliphatic heterocycles. The van der Waals surface area contributed by atoms with Crippen molar-refractivity contribution in [3.05, 3.63) is 53.2 Å². The lowest BCUT2D eigenvalue weighted by atomic mass is 10.2. The molecule has 0 N–H and O–H groups in total. The Kier molecular flexibility index (Phi) is 5.95. The molecule has 1 aliphatic rings. The molecule has 3 heterocycles. The molecule has 4 rings (SSSR count). The van der Waals surface area contributed by atoms with Crippen molar-refractivity contribution in [3.8, 4) is 10.7 Å². The molecular weight excluding hydrogens is 428 g/mol. The van der Waals surface area contributed by atoms with E-state index < -0.39 is 10.0 Å². The highest BCUT2D eigenvalue weighted by molar-refractivity contribution is 7.89. The molecule has 0 saturated carbocycles. The van der Waals surface area contributed by atoms with Gasteiger partial charge in [0.25, 0.3) is 5.91 Å². The van der Waals surface area contributed by atoms with Gasteiger partial charge < -0.3 is 14.2 Å². The van der Waals surface area contributed by atoms with E-state index in [1.54, 1.807) is 19.2 Å². The summed E-state index contributed by atoms with van der Waals surface area (Å²) in [5.74, 6) is 0.427. The number of nitrogens with zero attached hydrogens (tertiary/aromatic N) is 4. The molecule has 0 spiro atoms. The predicted octanol–water partition coefficient (Wildman–Crippen LogP) is 2.09. The molecule has 2 aromatic heterocycles. The third-order valence-electron chi connectivity index (χ3n) is 4.62. The molecule has 3 aromatic rings. The number of hydrogen-bond donors (Lipinski definition) is 0. The second-order valence-electron chi connectivity index (χ2n) is 6.69. The van der Waals surface area contributed by atoms with Gasteiger partial charge in [-0.1, -0.05) is 17.3 Å². The van der Waals surface area contributed by atoms with Crippen LogP contribution in [0, 0.1) is 0 Å². The third kappa shape index (κ3) is 4.29. The number of aromatic nitrogens is 2. The summed E-state index contributed by atoms with van der Waals surface area (Å²) in [6.07, 6.45) is 0. The number of hydrogen-bond acceptors (Lipinski definition) is 8. The lowest BCUT2D eigenvalue weighted by Gasteiger charge is -2.26. The van der Waals surface area contributed by atoms with Crippen molar-refractivity contribution in [1.82, 2.24) is 19.3 Å². The van der Waals surface area contributed by atoms with Crippen LogP contribution in [0.1, 0.15) is 16.2 Å². The maximum absolute atomic E-state index is 12.9. The summed E-state index contributed by atoms with van der Waals surface area (Å²) in [5.41, 5.74) is 0.268. The lowest BCUT2D eigenvalue weighted by molar-refractivity contribution is 0.0730. The van der Waals surface area contributed by atoms with Gasteiger partial charge in [-0.2, -0.15) is 9.29 Å². The second-order valence-corrected chi connectivity index (χ2v) is 9.58. The topological polar surface area (TPSA) is 106 Å². The van der Waals surface area contributed by atoms with E-state index in [4.69, 9.17) is 9.26 Å². The summed E-state index contributed by atoms with van der Waals surface area (Å²) in [5, 5.41) is 5.85. The maximum Gasteiger partial charge on any atom is 0.254 e. The summed E-state index contributed by atoms with van der Waals surface area (Å²) in [7, 11) is -2.08. The molecule has 0 unspecified atom stereocenters. The van der Waals surface area contributed by atoms with E-state index >= 15 is 0 Å². The summed E-state index contributed by atoms with van der Waals surface area (Å²) in [6, 6.07) is 9.82. The van der Waals surface area contributed by atoms with Crippen LogP contribution < -0.4 is 0 Å². The van der Waals surface area contributed by atoms with E-state index in [0.717, 1.165) is 4.88 Å². The Balaban J connectivity index is 1.48. The smallest absolute Gasteiger partial charge is 0.254 e. The monoisotopic (exact) mass is 448 g/mol. The zero-order chi connectivity index (χ0) is 21.1. The average Bonchev–Trinajstić information content (AvgIpc) is 3.46. The first-order chi connectivity index (χ1) is 14.4. The highest BCUT2D eigenvalue weighted by Crippen LogP contribution is 2.22. The lowest BCUT2D eigenvalue weighted by Crippen LogP contribution is -2.40. The Morgan fingerprint density at radius 2 is 2.03 bits per heavy atom. The van der Waals surface area contributed by atoms with Gasteiger partial charge in [0.15, 0.2) is 0 Å². The van der Waals surface area contributed by atoms with E-state index in [0.29, 0.717) is 38.0 Å². The summed E-state index contributed by atoms with van der Waals surface area (Å²) < 4.78 is 37.5. The minimum Gasteiger partial charge on any atom is -0.379 e. The van der Waals surface area contributed by atoms with Crippen LogP contribution in [0.25, 0.3) is 10.7 Å². The molecule has 1 saturated heterocycles. The van der Waals surface area contributed by atoms with Crippen molar-refractivity contribution in [3.63, 3.8) is 0 Å². The summed E-state index contributed by atoms with van der Waals surface area (Å²) in [6.45, 7) is 1.42. The van der Waals surface area contributed by atoms with Crippen molar-refractivity contribution in [2.45, 2.75) is 11.4 Å². The van der Waals surface area contributed by atoms with Gasteiger partial charge in [0.05, 0.1) is 29.5 Å². The molecule has 30 heavy (non-hydrogen) atoms. The Labute approximate surface area is 177 Å². The Bertz CT molecular complexity index is 1120. The third-order valence-corrected chi connectivity index (χ3v) is 7.38. The molecule has 0 radical (unpaired) electrons. The Morgan fingerprint density at radius 1 is 1.23 bits per heavy atom. The summed E-state index contributed by atoms with van der Waals surface area (Å²) in [4.78, 5) is 19.5. The first-order valence-electron chi connectivity index (χ1n) is 9.25. The van der Waals surface area contributed by atoms with E-state index in [1.807, 2.05) is 17.5 Å². The first-order valence-corrected chi connectivity index (χ1v) is 11.6. The second kappa shape index (κ2) is 8.64. The Morgan fingerprint density at radius 3 is 2.77 bits per heavy atom. The number of rotatable bonds is 6. The quantitative estimate of drug-likeness (QED) is 0.568. The molecule has 0 atom stereocenters. The van der Waals surface area contributed by atoms with Crippen molar-refractivity contribution >= 4 is 27.3 Å². The van der Waals surface area contributed by atoms with Crippen LogP contribution in [0.3, 0.4) is 0 Å². The number of carbonyl (C=O) groups excluding carboxylic acids is 1.